The minimum absolute atomic E-state index is 0.632. The molecule has 0 aromatic heterocycles. The second-order valence-corrected chi connectivity index (χ2v) is 6.50. The Morgan fingerprint density at radius 3 is 2.52 bits per heavy atom. The fraction of sp³-hybridized carbons (Fsp3) is 0.364. The van der Waals surface area contributed by atoms with Gasteiger partial charge in [-0.3, -0.25) is 0 Å². The van der Waals surface area contributed by atoms with Crippen LogP contribution in [0.15, 0.2) is 61.2 Å². The minimum Gasteiger partial charge on any atom is -0.490 e. The third-order valence-electron chi connectivity index (χ3n) is 4.99. The smallest absolute Gasteiger partial charge is 0.120 e. The van der Waals surface area contributed by atoms with E-state index < -0.39 is 0 Å². The van der Waals surface area contributed by atoms with Crippen LogP contribution in [0.4, 0.5) is 0 Å². The van der Waals surface area contributed by atoms with Crippen LogP contribution < -0.4 is 4.74 Å². The molecule has 1 fully saturated rings. The van der Waals surface area contributed by atoms with E-state index in [1.807, 2.05) is 19.1 Å². The molecule has 1 saturated carbocycles. The van der Waals surface area contributed by atoms with E-state index in [1.54, 1.807) is 0 Å². The van der Waals surface area contributed by atoms with Gasteiger partial charge >= 0.3 is 0 Å². The number of allylic oxidation sites excluding steroid dienone is 2. The van der Waals surface area contributed by atoms with E-state index in [0.29, 0.717) is 12.5 Å². The summed E-state index contributed by atoms with van der Waals surface area (Å²) in [6.07, 6.45) is 11.3. The third-order valence-corrected chi connectivity index (χ3v) is 4.99. The summed E-state index contributed by atoms with van der Waals surface area (Å²) in [5.74, 6) is 2.37. The van der Waals surface area contributed by atoms with Crippen LogP contribution in [0, 0.1) is 5.92 Å². The fourth-order valence-corrected chi connectivity index (χ4v) is 3.51. The van der Waals surface area contributed by atoms with Crippen LogP contribution in [0.3, 0.4) is 0 Å². The average molecular weight is 306 g/mol. The van der Waals surface area contributed by atoms with Crippen molar-refractivity contribution in [3.8, 4) is 5.75 Å². The summed E-state index contributed by atoms with van der Waals surface area (Å²) < 4.78 is 5.73. The predicted molar refractivity (Wildman–Crippen MR) is 99.2 cm³/mol. The Kier molecular flexibility index (Phi) is 5.17. The Labute approximate surface area is 139 Å². The number of hydrogen-bond acceptors (Lipinski definition) is 1. The van der Waals surface area contributed by atoms with Crippen molar-refractivity contribution in [2.75, 3.05) is 6.61 Å². The van der Waals surface area contributed by atoms with Crippen LogP contribution in [0.1, 0.15) is 44.1 Å². The Morgan fingerprint density at radius 1 is 1.04 bits per heavy atom. The maximum absolute atomic E-state index is 5.73. The van der Waals surface area contributed by atoms with Crippen LogP contribution in [0.25, 0.3) is 10.8 Å². The Hall–Kier alpha value is -2.02. The summed E-state index contributed by atoms with van der Waals surface area (Å²) in [6, 6.07) is 13.3. The maximum atomic E-state index is 5.73. The predicted octanol–water partition coefficient (Wildman–Crippen LogP) is 6.25. The van der Waals surface area contributed by atoms with Crippen molar-refractivity contribution in [1.29, 1.82) is 0 Å². The second-order valence-electron chi connectivity index (χ2n) is 6.50. The largest absolute Gasteiger partial charge is 0.490 e. The lowest BCUT2D eigenvalue weighted by Gasteiger charge is -2.27. The molecule has 120 valence electrons. The summed E-state index contributed by atoms with van der Waals surface area (Å²) in [6.45, 7) is 6.58. The Morgan fingerprint density at radius 2 is 1.78 bits per heavy atom. The molecule has 0 saturated heterocycles. The lowest BCUT2D eigenvalue weighted by molar-refractivity contribution is 0.363. The molecule has 0 bridgehead atoms. The molecule has 1 aliphatic rings. The molecular weight excluding hydrogens is 280 g/mol. The molecule has 2 aromatic rings. The molecule has 1 aliphatic carbocycles. The van der Waals surface area contributed by atoms with E-state index in [0.717, 1.165) is 11.7 Å². The highest BCUT2D eigenvalue weighted by Crippen LogP contribution is 2.37. The lowest BCUT2D eigenvalue weighted by Crippen LogP contribution is -2.11. The molecule has 0 N–H and O–H groups in total. The normalized spacial score (nSPS) is 21.6. The first-order chi connectivity index (χ1) is 11.3. The zero-order valence-corrected chi connectivity index (χ0v) is 14.0. The van der Waals surface area contributed by atoms with Gasteiger partial charge in [-0.25, -0.2) is 0 Å². The number of rotatable bonds is 5. The maximum Gasteiger partial charge on any atom is 0.120 e. The van der Waals surface area contributed by atoms with Crippen LogP contribution >= 0.6 is 0 Å². The first-order valence-corrected chi connectivity index (χ1v) is 8.70. The number of benzene rings is 2. The highest BCUT2D eigenvalue weighted by molar-refractivity contribution is 5.84. The molecule has 0 unspecified atom stereocenters. The zero-order valence-electron chi connectivity index (χ0n) is 14.0. The fourth-order valence-electron chi connectivity index (χ4n) is 3.51. The summed E-state index contributed by atoms with van der Waals surface area (Å²) >= 11 is 0. The first-order valence-electron chi connectivity index (χ1n) is 8.70. The van der Waals surface area contributed by atoms with Crippen molar-refractivity contribution in [1.82, 2.24) is 0 Å². The molecular formula is C22H26O. The van der Waals surface area contributed by atoms with Crippen LogP contribution in [-0.4, -0.2) is 6.61 Å². The van der Waals surface area contributed by atoms with Crippen LogP contribution in [0.5, 0.6) is 5.75 Å². The van der Waals surface area contributed by atoms with Gasteiger partial charge in [0, 0.05) is 0 Å². The minimum atomic E-state index is 0.632. The molecule has 0 atom stereocenters. The molecule has 0 heterocycles. The van der Waals surface area contributed by atoms with Gasteiger partial charge in [-0.1, -0.05) is 42.5 Å². The molecule has 3 rings (SSSR count). The van der Waals surface area contributed by atoms with Gasteiger partial charge < -0.3 is 4.74 Å². The molecule has 0 radical (unpaired) electrons. The SMILES string of the molecule is C=CC1CCC(c2ccc3cc(OCC=CC)ccc3c2)CC1. The van der Waals surface area contributed by atoms with E-state index in [1.165, 1.54) is 42.0 Å². The average Bonchev–Trinajstić information content (AvgIpc) is 2.61. The summed E-state index contributed by atoms with van der Waals surface area (Å²) in [5, 5.41) is 2.57. The van der Waals surface area contributed by atoms with Gasteiger partial charge in [0.15, 0.2) is 0 Å². The highest BCUT2D eigenvalue weighted by atomic mass is 16.5. The van der Waals surface area contributed by atoms with Crippen molar-refractivity contribution >= 4 is 10.8 Å². The Bertz CT molecular complexity index is 690. The summed E-state index contributed by atoms with van der Waals surface area (Å²) in [5.41, 5.74) is 1.49. The molecule has 1 heteroatoms. The standard InChI is InChI=1S/C22H26O/c1-3-5-14-23-22-13-12-20-15-19(10-11-21(20)16-22)18-8-6-17(4-2)7-9-18/h3-5,10-13,15-18H,2,6-9,14H2,1H3. The van der Waals surface area contributed by atoms with E-state index in [2.05, 4.69) is 49.1 Å². The first kappa shape index (κ1) is 15.9. The summed E-state index contributed by atoms with van der Waals surface area (Å²) in [4.78, 5) is 0. The third kappa shape index (κ3) is 3.85. The van der Waals surface area contributed by atoms with Crippen molar-refractivity contribution < 1.29 is 4.74 Å². The van der Waals surface area contributed by atoms with Gasteiger partial charge in [0.1, 0.15) is 12.4 Å². The van der Waals surface area contributed by atoms with Gasteiger partial charge in [-0.2, -0.15) is 0 Å². The number of fused-ring (bicyclic) bond motifs is 1. The number of hydrogen-bond donors (Lipinski definition) is 0. The van der Waals surface area contributed by atoms with Crippen molar-refractivity contribution in [2.45, 2.75) is 38.5 Å². The number of ether oxygens (including phenoxy) is 1. The van der Waals surface area contributed by atoms with Gasteiger partial charge in [-0.05, 0) is 72.9 Å². The zero-order chi connectivity index (χ0) is 16.1. The molecule has 0 amide bonds. The van der Waals surface area contributed by atoms with Gasteiger partial charge in [-0.15, -0.1) is 6.58 Å². The van der Waals surface area contributed by atoms with Crippen molar-refractivity contribution in [3.05, 3.63) is 66.8 Å². The monoisotopic (exact) mass is 306 g/mol. The molecule has 0 aliphatic heterocycles. The highest BCUT2D eigenvalue weighted by Gasteiger charge is 2.20. The van der Waals surface area contributed by atoms with Gasteiger partial charge in [0.25, 0.3) is 0 Å². The quantitative estimate of drug-likeness (QED) is 0.593. The van der Waals surface area contributed by atoms with E-state index in [-0.39, 0.29) is 0 Å². The Balaban J connectivity index is 1.74. The summed E-state index contributed by atoms with van der Waals surface area (Å²) in [7, 11) is 0. The van der Waals surface area contributed by atoms with Crippen molar-refractivity contribution in [3.63, 3.8) is 0 Å². The topological polar surface area (TPSA) is 9.23 Å². The molecule has 2 aromatic carbocycles. The van der Waals surface area contributed by atoms with E-state index in [4.69, 9.17) is 4.74 Å². The van der Waals surface area contributed by atoms with E-state index in [9.17, 15) is 0 Å². The van der Waals surface area contributed by atoms with E-state index >= 15 is 0 Å². The van der Waals surface area contributed by atoms with Gasteiger partial charge in [0.2, 0.25) is 0 Å². The second kappa shape index (κ2) is 7.50. The van der Waals surface area contributed by atoms with Crippen LogP contribution in [0.2, 0.25) is 0 Å². The van der Waals surface area contributed by atoms with Crippen LogP contribution in [-0.2, 0) is 0 Å². The van der Waals surface area contributed by atoms with Crippen molar-refractivity contribution in [2.24, 2.45) is 5.92 Å². The molecule has 23 heavy (non-hydrogen) atoms. The lowest BCUT2D eigenvalue weighted by atomic mass is 9.78. The molecule has 0 spiro atoms. The molecule has 1 nitrogen and oxygen atoms in total. The van der Waals surface area contributed by atoms with Gasteiger partial charge in [0.05, 0.1) is 0 Å².